The molecule has 7 heteroatoms. The molecule has 0 aliphatic heterocycles. The summed E-state index contributed by atoms with van der Waals surface area (Å²) in [6.45, 7) is -0.209. The number of ether oxygens (including phenoxy) is 2. The van der Waals surface area contributed by atoms with E-state index in [1.54, 1.807) is 26.4 Å². The van der Waals surface area contributed by atoms with Gasteiger partial charge in [-0.3, -0.25) is 9.89 Å². The van der Waals surface area contributed by atoms with E-state index in [1.165, 1.54) is 6.20 Å². The van der Waals surface area contributed by atoms with E-state index in [2.05, 4.69) is 15.5 Å². The SMILES string of the molecule is COc1ccc(-c2[nH]ncc2C(=O)N[C@@H](CO)c2ccccc2)cc1OC. The number of H-pyrrole nitrogens is 1. The van der Waals surface area contributed by atoms with Crippen molar-refractivity contribution < 1.29 is 19.4 Å². The summed E-state index contributed by atoms with van der Waals surface area (Å²) >= 11 is 0. The van der Waals surface area contributed by atoms with E-state index in [-0.39, 0.29) is 12.5 Å². The number of benzene rings is 2. The van der Waals surface area contributed by atoms with E-state index in [4.69, 9.17) is 9.47 Å². The fraction of sp³-hybridized carbons (Fsp3) is 0.200. The lowest BCUT2D eigenvalue weighted by atomic mass is 10.0. The highest BCUT2D eigenvalue weighted by atomic mass is 16.5. The van der Waals surface area contributed by atoms with E-state index < -0.39 is 6.04 Å². The molecule has 1 amide bonds. The van der Waals surface area contributed by atoms with Gasteiger partial charge in [0.25, 0.3) is 5.91 Å². The van der Waals surface area contributed by atoms with Gasteiger partial charge in [0.05, 0.1) is 44.3 Å². The Kier molecular flexibility index (Phi) is 5.73. The molecule has 1 atom stereocenters. The van der Waals surface area contributed by atoms with Gasteiger partial charge in [0.2, 0.25) is 0 Å². The molecule has 1 heterocycles. The van der Waals surface area contributed by atoms with Crippen molar-refractivity contribution in [1.82, 2.24) is 15.5 Å². The van der Waals surface area contributed by atoms with Crippen molar-refractivity contribution in [3.8, 4) is 22.8 Å². The molecular formula is C20H21N3O4. The predicted molar refractivity (Wildman–Crippen MR) is 101 cm³/mol. The average molecular weight is 367 g/mol. The Bertz CT molecular complexity index is 909. The van der Waals surface area contributed by atoms with E-state index >= 15 is 0 Å². The molecule has 0 bridgehead atoms. The molecule has 0 radical (unpaired) electrons. The number of aromatic nitrogens is 2. The van der Waals surface area contributed by atoms with Gasteiger partial charge in [0.1, 0.15) is 0 Å². The van der Waals surface area contributed by atoms with Crippen molar-refractivity contribution >= 4 is 5.91 Å². The molecule has 1 aromatic heterocycles. The van der Waals surface area contributed by atoms with Crippen LogP contribution in [0.25, 0.3) is 11.3 Å². The number of aliphatic hydroxyl groups is 1. The smallest absolute Gasteiger partial charge is 0.255 e. The van der Waals surface area contributed by atoms with Gasteiger partial charge in [-0.2, -0.15) is 5.10 Å². The van der Waals surface area contributed by atoms with Gasteiger partial charge < -0.3 is 19.9 Å². The Balaban J connectivity index is 1.87. The van der Waals surface area contributed by atoms with Crippen LogP contribution in [0.2, 0.25) is 0 Å². The molecule has 0 saturated heterocycles. The topological polar surface area (TPSA) is 96.5 Å². The molecule has 7 nitrogen and oxygen atoms in total. The fourth-order valence-corrected chi connectivity index (χ4v) is 2.83. The summed E-state index contributed by atoms with van der Waals surface area (Å²) < 4.78 is 10.6. The molecule has 0 fully saturated rings. The zero-order valence-corrected chi connectivity index (χ0v) is 15.1. The minimum atomic E-state index is -0.508. The monoisotopic (exact) mass is 367 g/mol. The lowest BCUT2D eigenvalue weighted by molar-refractivity contribution is 0.0917. The van der Waals surface area contributed by atoms with E-state index in [0.29, 0.717) is 22.8 Å². The lowest BCUT2D eigenvalue weighted by Crippen LogP contribution is -2.30. The largest absolute Gasteiger partial charge is 0.493 e. The summed E-state index contributed by atoms with van der Waals surface area (Å²) in [5, 5.41) is 19.4. The molecule has 0 unspecified atom stereocenters. The predicted octanol–water partition coefficient (Wildman–Crippen LogP) is 2.56. The second-order valence-corrected chi connectivity index (χ2v) is 5.85. The second kappa shape index (κ2) is 8.37. The average Bonchev–Trinajstić information content (AvgIpc) is 3.22. The number of carbonyl (C=O) groups is 1. The number of aliphatic hydroxyl groups excluding tert-OH is 1. The van der Waals surface area contributed by atoms with Crippen LogP contribution in [-0.4, -0.2) is 42.0 Å². The van der Waals surface area contributed by atoms with Gasteiger partial charge in [-0.15, -0.1) is 0 Å². The Morgan fingerprint density at radius 3 is 2.56 bits per heavy atom. The Hall–Kier alpha value is -3.32. The van der Waals surface area contributed by atoms with Gasteiger partial charge in [-0.1, -0.05) is 30.3 Å². The van der Waals surface area contributed by atoms with Crippen LogP contribution in [0.1, 0.15) is 22.0 Å². The van der Waals surface area contributed by atoms with Crippen LogP contribution in [0.15, 0.2) is 54.7 Å². The van der Waals surface area contributed by atoms with Crippen LogP contribution in [0.4, 0.5) is 0 Å². The summed E-state index contributed by atoms with van der Waals surface area (Å²) in [5.41, 5.74) is 2.48. The van der Waals surface area contributed by atoms with Crippen molar-refractivity contribution in [2.75, 3.05) is 20.8 Å². The summed E-state index contributed by atoms with van der Waals surface area (Å²) in [5.74, 6) is 0.807. The Morgan fingerprint density at radius 1 is 1.15 bits per heavy atom. The molecular weight excluding hydrogens is 346 g/mol. The first-order valence-corrected chi connectivity index (χ1v) is 8.40. The van der Waals surface area contributed by atoms with Crippen molar-refractivity contribution in [3.05, 3.63) is 65.9 Å². The highest BCUT2D eigenvalue weighted by Gasteiger charge is 2.20. The van der Waals surface area contributed by atoms with Crippen molar-refractivity contribution in [3.63, 3.8) is 0 Å². The quantitative estimate of drug-likeness (QED) is 0.596. The number of carbonyl (C=O) groups excluding carboxylic acids is 1. The molecule has 27 heavy (non-hydrogen) atoms. The summed E-state index contributed by atoms with van der Waals surface area (Å²) in [4.78, 5) is 12.8. The van der Waals surface area contributed by atoms with E-state index in [9.17, 15) is 9.90 Å². The molecule has 2 aromatic carbocycles. The third-order valence-electron chi connectivity index (χ3n) is 4.25. The minimum Gasteiger partial charge on any atom is -0.493 e. The number of hydrogen-bond donors (Lipinski definition) is 3. The van der Waals surface area contributed by atoms with Gasteiger partial charge in [0.15, 0.2) is 11.5 Å². The number of hydrogen-bond acceptors (Lipinski definition) is 5. The van der Waals surface area contributed by atoms with Crippen LogP contribution in [-0.2, 0) is 0 Å². The normalized spacial score (nSPS) is 11.7. The third kappa shape index (κ3) is 3.93. The zero-order valence-electron chi connectivity index (χ0n) is 15.1. The first-order valence-electron chi connectivity index (χ1n) is 8.40. The minimum absolute atomic E-state index is 0.209. The standard InChI is InChI=1S/C20H21N3O4/c1-26-17-9-8-14(10-18(17)27-2)19-15(11-21-23-19)20(25)22-16(12-24)13-6-4-3-5-7-13/h3-11,16,24H,12H2,1-2H3,(H,21,23)(H,22,25)/t16-/m0/s1. The van der Waals surface area contributed by atoms with Crippen LogP contribution < -0.4 is 14.8 Å². The van der Waals surface area contributed by atoms with Crippen LogP contribution >= 0.6 is 0 Å². The van der Waals surface area contributed by atoms with Gasteiger partial charge >= 0.3 is 0 Å². The number of nitrogens with zero attached hydrogens (tertiary/aromatic N) is 1. The molecule has 140 valence electrons. The molecule has 3 rings (SSSR count). The van der Waals surface area contributed by atoms with Crippen LogP contribution in [0, 0.1) is 0 Å². The number of methoxy groups -OCH3 is 2. The Labute approximate surface area is 157 Å². The molecule has 0 saturated carbocycles. The van der Waals surface area contributed by atoms with E-state index in [1.807, 2.05) is 36.4 Å². The lowest BCUT2D eigenvalue weighted by Gasteiger charge is -2.17. The first kappa shape index (κ1) is 18.5. The number of aromatic amines is 1. The van der Waals surface area contributed by atoms with Gasteiger partial charge in [-0.05, 0) is 23.8 Å². The zero-order chi connectivity index (χ0) is 19.2. The molecule has 0 aliphatic carbocycles. The Morgan fingerprint density at radius 2 is 1.89 bits per heavy atom. The third-order valence-corrected chi connectivity index (χ3v) is 4.25. The molecule has 0 aliphatic rings. The highest BCUT2D eigenvalue weighted by Crippen LogP contribution is 2.32. The number of amides is 1. The molecule has 3 N–H and O–H groups in total. The van der Waals surface area contributed by atoms with Crippen LogP contribution in [0.3, 0.4) is 0 Å². The second-order valence-electron chi connectivity index (χ2n) is 5.85. The molecule has 0 spiro atoms. The maximum Gasteiger partial charge on any atom is 0.255 e. The van der Waals surface area contributed by atoms with Crippen molar-refractivity contribution in [1.29, 1.82) is 0 Å². The number of nitrogens with one attached hydrogen (secondary N) is 2. The van der Waals surface area contributed by atoms with Gasteiger partial charge in [0, 0.05) is 5.56 Å². The van der Waals surface area contributed by atoms with Crippen LogP contribution in [0.5, 0.6) is 11.5 Å². The fourth-order valence-electron chi connectivity index (χ4n) is 2.83. The van der Waals surface area contributed by atoms with E-state index in [0.717, 1.165) is 11.1 Å². The van der Waals surface area contributed by atoms with Crippen molar-refractivity contribution in [2.45, 2.75) is 6.04 Å². The summed E-state index contributed by atoms with van der Waals surface area (Å²) in [6.07, 6.45) is 1.46. The highest BCUT2D eigenvalue weighted by molar-refractivity contribution is 6.00. The maximum atomic E-state index is 12.8. The maximum absolute atomic E-state index is 12.8. The van der Waals surface area contributed by atoms with Crippen molar-refractivity contribution in [2.24, 2.45) is 0 Å². The summed E-state index contributed by atoms with van der Waals surface area (Å²) in [6, 6.07) is 14.1. The number of rotatable bonds is 7. The summed E-state index contributed by atoms with van der Waals surface area (Å²) in [7, 11) is 3.11. The molecule has 3 aromatic rings. The first-order chi connectivity index (χ1) is 13.2. The van der Waals surface area contributed by atoms with Gasteiger partial charge in [-0.25, -0.2) is 0 Å².